The fourth-order valence-corrected chi connectivity index (χ4v) is 8.32. The van der Waals surface area contributed by atoms with Crippen molar-refractivity contribution >= 4 is 28.3 Å². The summed E-state index contributed by atoms with van der Waals surface area (Å²) in [6.07, 6.45) is 10.5. The normalized spacial score (nSPS) is 39.3. The lowest BCUT2D eigenvalue weighted by Crippen LogP contribution is -2.59. The number of hydrogen-bond donors (Lipinski definition) is 2. The van der Waals surface area contributed by atoms with Crippen LogP contribution in [0.4, 0.5) is 5.69 Å². The van der Waals surface area contributed by atoms with Gasteiger partial charge in [0.05, 0.1) is 0 Å². The first-order valence-corrected chi connectivity index (χ1v) is 12.7. The van der Waals surface area contributed by atoms with Crippen molar-refractivity contribution in [3.8, 4) is 0 Å². The van der Waals surface area contributed by atoms with E-state index in [9.17, 15) is 9.59 Å². The highest BCUT2D eigenvalue weighted by Gasteiger charge is 2.60. The number of fused-ring (bicyclic) bond motifs is 6. The van der Waals surface area contributed by atoms with Crippen LogP contribution >= 0.6 is 0 Å². The standard InChI is InChI=1S/C29H34N2O2/c1-28-16-14-22-20(10-13-25-29(22,2)17-15-26(32)31-25)21(28)11-12-23(28)27(33)30-24-9-5-7-18-6-3-4-8-19(18)24/h3-9,15,17,20-23,25H,10-14,16H2,1-2H3,(H,30,33)(H,31,32)/t20-,21-,22-,23+,25+,28-,29+/m0/s1. The summed E-state index contributed by atoms with van der Waals surface area (Å²) in [5.74, 6) is 2.13. The van der Waals surface area contributed by atoms with Crippen LogP contribution in [0.3, 0.4) is 0 Å². The molecule has 2 aromatic carbocycles. The van der Waals surface area contributed by atoms with Crippen LogP contribution in [0.25, 0.3) is 10.8 Å². The van der Waals surface area contributed by atoms with Crippen molar-refractivity contribution in [2.45, 2.75) is 58.4 Å². The molecule has 2 N–H and O–H groups in total. The van der Waals surface area contributed by atoms with E-state index >= 15 is 0 Å². The molecule has 4 heteroatoms. The van der Waals surface area contributed by atoms with Crippen molar-refractivity contribution in [1.29, 1.82) is 0 Å². The summed E-state index contributed by atoms with van der Waals surface area (Å²) in [5.41, 5.74) is 1.03. The molecule has 0 radical (unpaired) electrons. The molecular weight excluding hydrogens is 408 g/mol. The quantitative estimate of drug-likeness (QED) is 0.628. The van der Waals surface area contributed by atoms with Crippen LogP contribution in [-0.4, -0.2) is 17.9 Å². The first kappa shape index (κ1) is 20.9. The molecule has 172 valence electrons. The van der Waals surface area contributed by atoms with E-state index in [0.29, 0.717) is 17.8 Å². The zero-order chi connectivity index (χ0) is 22.8. The maximum atomic E-state index is 13.6. The van der Waals surface area contributed by atoms with Crippen LogP contribution in [0.15, 0.2) is 54.6 Å². The number of rotatable bonds is 2. The van der Waals surface area contributed by atoms with Crippen LogP contribution in [0.2, 0.25) is 0 Å². The van der Waals surface area contributed by atoms with E-state index in [1.54, 1.807) is 6.08 Å². The molecule has 3 aliphatic carbocycles. The molecule has 2 amide bonds. The number of carbonyl (C=O) groups is 2. The number of benzene rings is 2. The van der Waals surface area contributed by atoms with Gasteiger partial charge in [-0.2, -0.15) is 0 Å². The summed E-state index contributed by atoms with van der Waals surface area (Å²) in [6, 6.07) is 14.7. The molecule has 0 saturated heterocycles. The summed E-state index contributed by atoms with van der Waals surface area (Å²) >= 11 is 0. The lowest BCUT2D eigenvalue weighted by molar-refractivity contribution is -0.129. The van der Waals surface area contributed by atoms with Crippen LogP contribution in [-0.2, 0) is 9.59 Å². The minimum atomic E-state index is 0.0431. The monoisotopic (exact) mass is 442 g/mol. The molecule has 3 saturated carbocycles. The molecule has 0 aromatic heterocycles. The van der Waals surface area contributed by atoms with Gasteiger partial charge in [0, 0.05) is 28.4 Å². The predicted octanol–water partition coefficient (Wildman–Crippen LogP) is 5.69. The summed E-state index contributed by atoms with van der Waals surface area (Å²) < 4.78 is 0. The first-order chi connectivity index (χ1) is 15.9. The molecule has 2 aromatic rings. The third-order valence-corrected chi connectivity index (χ3v) is 10.0. The molecule has 4 nitrogen and oxygen atoms in total. The number of amides is 2. The predicted molar refractivity (Wildman–Crippen MR) is 132 cm³/mol. The Labute approximate surface area is 196 Å². The van der Waals surface area contributed by atoms with Gasteiger partial charge < -0.3 is 10.6 Å². The number of anilines is 1. The topological polar surface area (TPSA) is 58.2 Å². The Hall–Kier alpha value is -2.62. The Bertz CT molecular complexity index is 1150. The van der Waals surface area contributed by atoms with Crippen molar-refractivity contribution in [1.82, 2.24) is 5.32 Å². The molecule has 1 heterocycles. The number of nitrogens with one attached hydrogen (secondary N) is 2. The summed E-state index contributed by atoms with van der Waals surface area (Å²) in [7, 11) is 0. The van der Waals surface area contributed by atoms with Gasteiger partial charge in [-0.15, -0.1) is 0 Å². The molecule has 1 aliphatic heterocycles. The molecule has 4 aliphatic rings. The smallest absolute Gasteiger partial charge is 0.243 e. The van der Waals surface area contributed by atoms with E-state index in [-0.39, 0.29) is 34.6 Å². The van der Waals surface area contributed by atoms with Crippen molar-refractivity contribution < 1.29 is 9.59 Å². The number of hydrogen-bond acceptors (Lipinski definition) is 2. The average Bonchev–Trinajstić information content (AvgIpc) is 3.17. The van der Waals surface area contributed by atoms with Gasteiger partial charge in [-0.3, -0.25) is 9.59 Å². The third-order valence-electron chi connectivity index (χ3n) is 10.0. The molecule has 6 rings (SSSR count). The molecule has 7 atom stereocenters. The second-order valence-electron chi connectivity index (χ2n) is 11.4. The zero-order valence-electron chi connectivity index (χ0n) is 19.6. The van der Waals surface area contributed by atoms with E-state index in [4.69, 9.17) is 0 Å². The van der Waals surface area contributed by atoms with Gasteiger partial charge in [0.2, 0.25) is 11.8 Å². The minimum absolute atomic E-state index is 0.0431. The van der Waals surface area contributed by atoms with Gasteiger partial charge in [-0.25, -0.2) is 0 Å². The lowest BCUT2D eigenvalue weighted by atomic mass is 9.48. The van der Waals surface area contributed by atoms with E-state index in [1.165, 1.54) is 0 Å². The Balaban J connectivity index is 1.25. The van der Waals surface area contributed by atoms with Gasteiger partial charge in [-0.1, -0.05) is 56.3 Å². The van der Waals surface area contributed by atoms with Crippen molar-refractivity contribution in [2.24, 2.45) is 34.5 Å². The van der Waals surface area contributed by atoms with E-state index < -0.39 is 0 Å². The molecular formula is C29H34N2O2. The van der Waals surface area contributed by atoms with Gasteiger partial charge in [0.25, 0.3) is 0 Å². The van der Waals surface area contributed by atoms with Gasteiger partial charge >= 0.3 is 0 Å². The van der Waals surface area contributed by atoms with Crippen LogP contribution < -0.4 is 10.6 Å². The molecule has 3 fully saturated rings. The molecule has 33 heavy (non-hydrogen) atoms. The lowest BCUT2D eigenvalue weighted by Gasteiger charge is -2.58. The highest BCUT2D eigenvalue weighted by atomic mass is 16.2. The highest BCUT2D eigenvalue weighted by Crippen LogP contribution is 2.65. The van der Waals surface area contributed by atoms with Crippen molar-refractivity contribution in [3.05, 3.63) is 54.6 Å². The van der Waals surface area contributed by atoms with Crippen LogP contribution in [0, 0.1) is 34.5 Å². The van der Waals surface area contributed by atoms with Gasteiger partial charge in [-0.05, 0) is 79.2 Å². The van der Waals surface area contributed by atoms with Gasteiger partial charge in [0.15, 0.2) is 0 Å². The molecule has 0 bridgehead atoms. The third kappa shape index (κ3) is 3.09. The Kier molecular flexibility index (Phi) is 4.73. The Morgan fingerprint density at radius 2 is 1.79 bits per heavy atom. The second kappa shape index (κ2) is 7.44. The molecule has 0 spiro atoms. The fourth-order valence-electron chi connectivity index (χ4n) is 8.32. The van der Waals surface area contributed by atoms with E-state index in [1.807, 2.05) is 24.3 Å². The average molecular weight is 443 g/mol. The number of carbonyl (C=O) groups excluding carboxylic acids is 2. The molecule has 0 unspecified atom stereocenters. The minimum Gasteiger partial charge on any atom is -0.349 e. The summed E-state index contributed by atoms with van der Waals surface area (Å²) in [4.78, 5) is 25.6. The maximum Gasteiger partial charge on any atom is 0.243 e. The van der Waals surface area contributed by atoms with Crippen molar-refractivity contribution in [3.63, 3.8) is 0 Å². The second-order valence-corrected chi connectivity index (χ2v) is 11.4. The largest absolute Gasteiger partial charge is 0.349 e. The SMILES string of the molecule is C[C@]12C=CC(=O)N[C@@H]1CC[C@@H]1[C@@H]2CC[C@]2(C)[C@@H](C(=O)Nc3cccc4ccccc34)CC[C@@H]12. The van der Waals surface area contributed by atoms with Crippen molar-refractivity contribution in [2.75, 3.05) is 5.32 Å². The Morgan fingerprint density at radius 3 is 2.67 bits per heavy atom. The first-order valence-electron chi connectivity index (χ1n) is 12.7. The summed E-state index contributed by atoms with van der Waals surface area (Å²) in [5, 5.41) is 8.82. The van der Waals surface area contributed by atoms with E-state index in [0.717, 1.165) is 55.0 Å². The summed E-state index contributed by atoms with van der Waals surface area (Å²) in [6.45, 7) is 4.74. The van der Waals surface area contributed by atoms with Gasteiger partial charge in [0.1, 0.15) is 0 Å². The Morgan fingerprint density at radius 1 is 0.970 bits per heavy atom. The van der Waals surface area contributed by atoms with Crippen LogP contribution in [0.1, 0.15) is 52.4 Å². The van der Waals surface area contributed by atoms with Crippen LogP contribution in [0.5, 0.6) is 0 Å². The fraction of sp³-hybridized carbons (Fsp3) is 0.517. The maximum absolute atomic E-state index is 13.6. The van der Waals surface area contributed by atoms with E-state index in [2.05, 4.69) is 48.8 Å². The highest BCUT2D eigenvalue weighted by molar-refractivity contribution is 6.03. The zero-order valence-corrected chi connectivity index (χ0v) is 19.6.